The molecule has 1 aliphatic heterocycles. The minimum Gasteiger partial charge on any atom is -0.346 e. The van der Waals surface area contributed by atoms with Gasteiger partial charge in [0, 0.05) is 48.7 Å². The molecule has 7 heteroatoms. The zero-order chi connectivity index (χ0) is 14.7. The first-order valence-electron chi connectivity index (χ1n) is 6.97. The van der Waals surface area contributed by atoms with E-state index in [0.29, 0.717) is 26.1 Å². The van der Waals surface area contributed by atoms with Gasteiger partial charge in [-0.1, -0.05) is 5.11 Å². The zero-order valence-corrected chi connectivity index (χ0v) is 11.6. The van der Waals surface area contributed by atoms with E-state index < -0.39 is 0 Å². The molecular weight excluding hydrogens is 268 g/mol. The van der Waals surface area contributed by atoms with Crippen LogP contribution in [-0.2, 0) is 11.2 Å². The smallest absolute Gasteiger partial charge is 0.222 e. The maximum absolute atomic E-state index is 12.0. The van der Waals surface area contributed by atoms with Crippen LogP contribution in [0.15, 0.2) is 29.6 Å². The number of amides is 1. The topological polar surface area (TPSA) is 97.8 Å². The number of nitrogens with one attached hydrogen (secondary N) is 1. The first kappa shape index (κ1) is 13.5. The van der Waals surface area contributed by atoms with E-state index in [0.717, 1.165) is 17.5 Å². The number of aromatic amines is 1. The Labute approximate surface area is 121 Å². The number of fused-ring (bicyclic) bond motifs is 1. The Morgan fingerprint density at radius 2 is 2.43 bits per heavy atom. The molecule has 0 aromatic carbocycles. The second kappa shape index (κ2) is 5.85. The molecular formula is C14H16N6O. The van der Waals surface area contributed by atoms with Crippen molar-refractivity contribution in [3.63, 3.8) is 0 Å². The average Bonchev–Trinajstić information content (AvgIpc) is 3.09. The van der Waals surface area contributed by atoms with Gasteiger partial charge in [0.05, 0.1) is 0 Å². The summed E-state index contributed by atoms with van der Waals surface area (Å²) < 4.78 is 0. The normalized spacial score (nSPS) is 18.2. The predicted molar refractivity (Wildman–Crippen MR) is 78.5 cm³/mol. The SMILES string of the molecule is [N-]=[N+]=NCC1CC(=O)N(CCc2ccnc3[nH]ccc23)C1. The van der Waals surface area contributed by atoms with E-state index in [1.54, 1.807) is 6.20 Å². The van der Waals surface area contributed by atoms with Crippen LogP contribution < -0.4 is 0 Å². The second-order valence-electron chi connectivity index (χ2n) is 5.28. The number of H-pyrrole nitrogens is 1. The molecule has 21 heavy (non-hydrogen) atoms. The lowest BCUT2D eigenvalue weighted by Crippen LogP contribution is -2.27. The Morgan fingerprint density at radius 1 is 1.52 bits per heavy atom. The van der Waals surface area contributed by atoms with Crippen molar-refractivity contribution in [1.29, 1.82) is 0 Å². The first-order chi connectivity index (χ1) is 10.3. The summed E-state index contributed by atoms with van der Waals surface area (Å²) in [4.78, 5) is 23.9. The fourth-order valence-electron chi connectivity index (χ4n) is 2.84. The summed E-state index contributed by atoms with van der Waals surface area (Å²) in [7, 11) is 0. The zero-order valence-electron chi connectivity index (χ0n) is 11.6. The molecule has 1 N–H and O–H groups in total. The van der Waals surface area contributed by atoms with Gasteiger partial charge in [0.25, 0.3) is 0 Å². The molecule has 2 aromatic heterocycles. The van der Waals surface area contributed by atoms with Crippen LogP contribution in [-0.4, -0.2) is 40.4 Å². The number of nitrogens with zero attached hydrogens (tertiary/aromatic N) is 5. The summed E-state index contributed by atoms with van der Waals surface area (Å²) in [6.45, 7) is 1.77. The molecule has 1 atom stereocenters. The molecule has 3 heterocycles. The number of hydrogen-bond donors (Lipinski definition) is 1. The van der Waals surface area contributed by atoms with E-state index in [9.17, 15) is 4.79 Å². The Bertz CT molecular complexity index is 702. The van der Waals surface area contributed by atoms with Crippen molar-refractivity contribution in [2.24, 2.45) is 11.0 Å². The summed E-state index contributed by atoms with van der Waals surface area (Å²) in [5, 5.41) is 4.67. The van der Waals surface area contributed by atoms with Gasteiger partial charge >= 0.3 is 0 Å². The maximum atomic E-state index is 12.0. The van der Waals surface area contributed by atoms with Gasteiger partial charge in [-0.25, -0.2) is 4.98 Å². The van der Waals surface area contributed by atoms with Gasteiger partial charge in [0.15, 0.2) is 0 Å². The molecule has 1 fully saturated rings. The molecule has 0 saturated carbocycles. The third kappa shape index (κ3) is 2.83. The molecule has 3 rings (SSSR count). The summed E-state index contributed by atoms with van der Waals surface area (Å²) in [6.07, 6.45) is 4.94. The average molecular weight is 284 g/mol. The highest BCUT2D eigenvalue weighted by Crippen LogP contribution is 2.20. The number of azide groups is 1. The molecule has 0 radical (unpaired) electrons. The van der Waals surface area contributed by atoms with Gasteiger partial charge in [0.2, 0.25) is 5.91 Å². The van der Waals surface area contributed by atoms with E-state index in [2.05, 4.69) is 20.0 Å². The minimum atomic E-state index is 0.146. The van der Waals surface area contributed by atoms with E-state index in [4.69, 9.17) is 5.53 Å². The van der Waals surface area contributed by atoms with Crippen molar-refractivity contribution in [1.82, 2.24) is 14.9 Å². The van der Waals surface area contributed by atoms with Gasteiger partial charge in [-0.15, -0.1) is 0 Å². The molecule has 0 aliphatic carbocycles. The van der Waals surface area contributed by atoms with Crippen LogP contribution in [0.5, 0.6) is 0 Å². The van der Waals surface area contributed by atoms with Crippen molar-refractivity contribution in [3.8, 4) is 0 Å². The van der Waals surface area contributed by atoms with Crippen LogP contribution in [0.3, 0.4) is 0 Å². The molecule has 1 saturated heterocycles. The van der Waals surface area contributed by atoms with Crippen molar-refractivity contribution in [2.45, 2.75) is 12.8 Å². The summed E-state index contributed by atoms with van der Waals surface area (Å²) in [5.41, 5.74) is 10.4. The van der Waals surface area contributed by atoms with Crippen LogP contribution in [0, 0.1) is 5.92 Å². The number of rotatable bonds is 5. The molecule has 1 unspecified atom stereocenters. The van der Waals surface area contributed by atoms with Crippen LogP contribution in [0.2, 0.25) is 0 Å². The van der Waals surface area contributed by atoms with E-state index in [1.807, 2.05) is 23.2 Å². The van der Waals surface area contributed by atoms with Crippen LogP contribution in [0.25, 0.3) is 21.5 Å². The largest absolute Gasteiger partial charge is 0.346 e. The van der Waals surface area contributed by atoms with Gasteiger partial charge < -0.3 is 9.88 Å². The van der Waals surface area contributed by atoms with Crippen molar-refractivity contribution in [2.75, 3.05) is 19.6 Å². The van der Waals surface area contributed by atoms with E-state index in [-0.39, 0.29) is 11.8 Å². The highest BCUT2D eigenvalue weighted by atomic mass is 16.2. The lowest BCUT2D eigenvalue weighted by atomic mass is 10.1. The third-order valence-corrected chi connectivity index (χ3v) is 3.90. The molecule has 108 valence electrons. The molecule has 2 aromatic rings. The van der Waals surface area contributed by atoms with E-state index >= 15 is 0 Å². The van der Waals surface area contributed by atoms with Gasteiger partial charge in [0.1, 0.15) is 5.65 Å². The van der Waals surface area contributed by atoms with Crippen molar-refractivity contribution >= 4 is 16.9 Å². The summed E-state index contributed by atoms with van der Waals surface area (Å²) in [5.74, 6) is 0.297. The molecule has 0 spiro atoms. The Hall–Kier alpha value is -2.53. The minimum absolute atomic E-state index is 0.146. The highest BCUT2D eigenvalue weighted by molar-refractivity contribution is 5.80. The number of likely N-dealkylation sites (tertiary alicyclic amines) is 1. The van der Waals surface area contributed by atoms with Crippen LogP contribution in [0.4, 0.5) is 0 Å². The second-order valence-corrected chi connectivity index (χ2v) is 5.28. The first-order valence-corrected chi connectivity index (χ1v) is 6.97. The summed E-state index contributed by atoms with van der Waals surface area (Å²) >= 11 is 0. The van der Waals surface area contributed by atoms with Gasteiger partial charge in [-0.3, -0.25) is 4.79 Å². The third-order valence-electron chi connectivity index (χ3n) is 3.90. The molecule has 0 bridgehead atoms. The number of carbonyl (C=O) groups excluding carboxylic acids is 1. The van der Waals surface area contributed by atoms with Gasteiger partial charge in [-0.2, -0.15) is 0 Å². The number of hydrogen-bond acceptors (Lipinski definition) is 3. The standard InChI is InChI=1S/C14H16N6O/c15-19-18-8-10-7-13(21)20(9-10)6-3-11-1-4-16-14-12(11)2-5-17-14/h1-2,4-5,10H,3,6-9H2,(H,16,17). The van der Waals surface area contributed by atoms with Crippen molar-refractivity contribution in [3.05, 3.63) is 40.5 Å². The Balaban J connectivity index is 1.64. The molecule has 1 amide bonds. The number of aromatic nitrogens is 2. The summed E-state index contributed by atoms with van der Waals surface area (Å²) in [6, 6.07) is 4.00. The van der Waals surface area contributed by atoms with Crippen molar-refractivity contribution < 1.29 is 4.79 Å². The molecule has 1 aliphatic rings. The Kier molecular flexibility index (Phi) is 3.75. The maximum Gasteiger partial charge on any atom is 0.222 e. The van der Waals surface area contributed by atoms with Crippen LogP contribution in [0.1, 0.15) is 12.0 Å². The quantitative estimate of drug-likeness (QED) is 0.517. The highest BCUT2D eigenvalue weighted by Gasteiger charge is 2.28. The lowest BCUT2D eigenvalue weighted by Gasteiger charge is -2.16. The fraction of sp³-hybridized carbons (Fsp3) is 0.429. The van der Waals surface area contributed by atoms with Gasteiger partial charge in [-0.05, 0) is 35.6 Å². The predicted octanol–water partition coefficient (Wildman–Crippen LogP) is 2.26. The fourth-order valence-corrected chi connectivity index (χ4v) is 2.84. The molecule has 7 nitrogen and oxygen atoms in total. The van der Waals surface area contributed by atoms with Crippen LogP contribution >= 0.6 is 0 Å². The Morgan fingerprint density at radius 3 is 3.29 bits per heavy atom. The van der Waals surface area contributed by atoms with E-state index in [1.165, 1.54) is 5.56 Å². The number of pyridine rings is 1. The lowest BCUT2D eigenvalue weighted by molar-refractivity contribution is -0.127. The monoisotopic (exact) mass is 284 g/mol. The number of carbonyl (C=O) groups is 1.